The maximum Gasteiger partial charge on any atom is 0.218 e. The Hall–Kier alpha value is -1.99. The maximum atomic E-state index is 14.5. The van der Waals surface area contributed by atoms with Crippen molar-refractivity contribution >= 4 is 15.7 Å². The van der Waals surface area contributed by atoms with E-state index in [9.17, 15) is 12.8 Å². The van der Waals surface area contributed by atoms with Gasteiger partial charge in [0.2, 0.25) is 10.0 Å². The van der Waals surface area contributed by atoms with Gasteiger partial charge in [-0.1, -0.05) is 25.0 Å². The molecule has 0 unspecified atom stereocenters. The van der Waals surface area contributed by atoms with E-state index in [0.717, 1.165) is 19.3 Å². The molecule has 28 heavy (non-hydrogen) atoms. The normalized spacial score (nSPS) is 17.1. The third kappa shape index (κ3) is 4.70. The van der Waals surface area contributed by atoms with E-state index in [-0.39, 0.29) is 5.69 Å². The Kier molecular flexibility index (Phi) is 5.77. The lowest BCUT2D eigenvalue weighted by Crippen LogP contribution is -2.55. The Morgan fingerprint density at radius 1 is 1.11 bits per heavy atom. The van der Waals surface area contributed by atoms with Crippen LogP contribution in [-0.4, -0.2) is 18.1 Å². The van der Waals surface area contributed by atoms with E-state index in [1.165, 1.54) is 6.07 Å². The Morgan fingerprint density at radius 2 is 1.75 bits per heavy atom. The lowest BCUT2D eigenvalue weighted by Gasteiger charge is -2.39. The fraction of sp³-hybridized carbons (Fsp3) is 0.476. The molecule has 0 amide bonds. The van der Waals surface area contributed by atoms with Gasteiger partial charge in [0.25, 0.3) is 0 Å². The molecule has 1 saturated carbocycles. The Bertz CT molecular complexity index is 909. The molecule has 1 aromatic carbocycles. The van der Waals surface area contributed by atoms with E-state index in [1.807, 2.05) is 0 Å². The summed E-state index contributed by atoms with van der Waals surface area (Å²) in [7, 11) is -3.72. The molecule has 0 spiro atoms. The standard InChI is InChI=1S/C21H28FN3O2S/c1-20(2,3)28(26,27)25-21(13-10-16-8-9-16,17-11-14-23-15-12-17)24-19-7-5-4-6-18(19)22/h4-7,11-12,14-16,24-25H,8-10,13H2,1-3H3/t21-/m1/s1. The predicted octanol–water partition coefficient (Wildman–Crippen LogP) is 4.39. The Balaban J connectivity index is 2.09. The second kappa shape index (κ2) is 7.79. The molecule has 0 aliphatic heterocycles. The van der Waals surface area contributed by atoms with E-state index in [0.29, 0.717) is 17.9 Å². The van der Waals surface area contributed by atoms with Crippen LogP contribution in [0.2, 0.25) is 0 Å². The summed E-state index contributed by atoms with van der Waals surface area (Å²) < 4.78 is 42.6. The summed E-state index contributed by atoms with van der Waals surface area (Å²) in [4.78, 5) is 4.06. The predicted molar refractivity (Wildman–Crippen MR) is 110 cm³/mol. The molecular formula is C21H28FN3O2S. The third-order valence-electron chi connectivity index (χ3n) is 5.13. The Morgan fingerprint density at radius 3 is 2.32 bits per heavy atom. The van der Waals surface area contributed by atoms with Gasteiger partial charge >= 0.3 is 0 Å². The molecule has 7 heteroatoms. The monoisotopic (exact) mass is 405 g/mol. The molecule has 5 nitrogen and oxygen atoms in total. The molecule has 0 radical (unpaired) electrons. The molecule has 3 rings (SSSR count). The average Bonchev–Trinajstić information content (AvgIpc) is 3.46. The molecule has 1 aliphatic rings. The maximum absolute atomic E-state index is 14.5. The minimum absolute atomic E-state index is 0.256. The van der Waals surface area contributed by atoms with Crippen molar-refractivity contribution in [2.75, 3.05) is 5.32 Å². The van der Waals surface area contributed by atoms with Crippen molar-refractivity contribution < 1.29 is 12.8 Å². The SMILES string of the molecule is CC(C)(C)S(=O)(=O)N[C@@](CCC1CC1)(Nc1ccccc1F)c1ccncc1. The lowest BCUT2D eigenvalue weighted by molar-refractivity contribution is 0.382. The van der Waals surface area contributed by atoms with Crippen LogP contribution in [0.5, 0.6) is 0 Å². The van der Waals surface area contributed by atoms with Crippen molar-refractivity contribution in [3.63, 3.8) is 0 Å². The van der Waals surface area contributed by atoms with Crippen molar-refractivity contribution in [2.24, 2.45) is 5.92 Å². The van der Waals surface area contributed by atoms with Gasteiger partial charge in [0.1, 0.15) is 11.5 Å². The lowest BCUT2D eigenvalue weighted by atomic mass is 9.94. The van der Waals surface area contributed by atoms with E-state index in [4.69, 9.17) is 0 Å². The number of anilines is 1. The van der Waals surface area contributed by atoms with E-state index < -0.39 is 26.3 Å². The number of para-hydroxylation sites is 1. The zero-order valence-corrected chi connectivity index (χ0v) is 17.4. The van der Waals surface area contributed by atoms with Crippen molar-refractivity contribution in [2.45, 2.75) is 56.9 Å². The highest BCUT2D eigenvalue weighted by Crippen LogP contribution is 2.39. The first-order valence-corrected chi connectivity index (χ1v) is 11.1. The summed E-state index contributed by atoms with van der Waals surface area (Å²) in [6.07, 6.45) is 6.89. The first kappa shape index (κ1) is 20.7. The summed E-state index contributed by atoms with van der Waals surface area (Å²) in [6.45, 7) is 4.95. The number of pyridine rings is 1. The highest BCUT2D eigenvalue weighted by atomic mass is 32.2. The fourth-order valence-corrected chi connectivity index (χ4v) is 4.09. The second-order valence-corrected chi connectivity index (χ2v) is 10.9. The van der Waals surface area contributed by atoms with Gasteiger partial charge < -0.3 is 5.32 Å². The molecule has 152 valence electrons. The van der Waals surface area contributed by atoms with Crippen LogP contribution in [-0.2, 0) is 15.7 Å². The smallest absolute Gasteiger partial charge is 0.218 e. The van der Waals surface area contributed by atoms with Gasteiger partial charge in [-0.3, -0.25) is 4.98 Å². The fourth-order valence-electron chi connectivity index (χ4n) is 3.05. The molecule has 1 fully saturated rings. The largest absolute Gasteiger partial charge is 0.360 e. The number of nitrogens with zero attached hydrogens (tertiary/aromatic N) is 1. The number of halogens is 1. The molecule has 0 saturated heterocycles. The van der Waals surface area contributed by atoms with Gasteiger partial charge in [-0.15, -0.1) is 0 Å². The van der Waals surface area contributed by atoms with Crippen LogP contribution in [0.4, 0.5) is 10.1 Å². The van der Waals surface area contributed by atoms with Crippen molar-refractivity contribution in [3.8, 4) is 0 Å². The zero-order valence-electron chi connectivity index (χ0n) is 16.6. The summed E-state index contributed by atoms with van der Waals surface area (Å²) >= 11 is 0. The van der Waals surface area contributed by atoms with Crippen LogP contribution in [0.1, 0.15) is 52.0 Å². The van der Waals surface area contributed by atoms with Crippen molar-refractivity contribution in [3.05, 3.63) is 60.2 Å². The number of aromatic nitrogens is 1. The van der Waals surface area contributed by atoms with Gasteiger partial charge in [0.05, 0.1) is 10.4 Å². The van der Waals surface area contributed by atoms with Crippen LogP contribution in [0.3, 0.4) is 0 Å². The first-order chi connectivity index (χ1) is 13.1. The van der Waals surface area contributed by atoms with Gasteiger partial charge in [0, 0.05) is 12.4 Å². The summed E-state index contributed by atoms with van der Waals surface area (Å²) in [5, 5.41) is 3.20. The average molecular weight is 406 g/mol. The number of nitrogens with one attached hydrogen (secondary N) is 2. The van der Waals surface area contributed by atoms with Crippen LogP contribution in [0.15, 0.2) is 48.8 Å². The van der Waals surface area contributed by atoms with Crippen molar-refractivity contribution in [1.82, 2.24) is 9.71 Å². The third-order valence-corrected chi connectivity index (χ3v) is 7.36. The highest BCUT2D eigenvalue weighted by Gasteiger charge is 2.42. The number of benzene rings is 1. The minimum Gasteiger partial charge on any atom is -0.360 e. The van der Waals surface area contributed by atoms with Crippen LogP contribution >= 0.6 is 0 Å². The molecule has 1 aliphatic carbocycles. The molecule has 2 N–H and O–H groups in total. The van der Waals surface area contributed by atoms with E-state index >= 15 is 0 Å². The Labute approximate surface area is 166 Å². The molecule has 1 heterocycles. The zero-order chi connectivity index (χ0) is 20.4. The van der Waals surface area contributed by atoms with Crippen LogP contribution in [0.25, 0.3) is 0 Å². The van der Waals surface area contributed by atoms with Crippen LogP contribution in [0, 0.1) is 11.7 Å². The number of hydrogen-bond acceptors (Lipinski definition) is 4. The molecular weight excluding hydrogens is 377 g/mol. The van der Waals surface area contributed by atoms with Gasteiger partial charge in [-0.2, -0.15) is 4.72 Å². The number of hydrogen-bond donors (Lipinski definition) is 2. The van der Waals surface area contributed by atoms with Crippen LogP contribution < -0.4 is 10.0 Å². The molecule has 2 aromatic rings. The topological polar surface area (TPSA) is 71.1 Å². The number of sulfonamides is 1. The van der Waals surface area contributed by atoms with Gasteiger partial charge in [-0.05, 0) is 69.4 Å². The molecule has 1 aromatic heterocycles. The molecule has 0 bridgehead atoms. The first-order valence-electron chi connectivity index (χ1n) is 9.60. The molecule has 1 atom stereocenters. The van der Waals surface area contributed by atoms with Gasteiger partial charge in [-0.25, -0.2) is 12.8 Å². The minimum atomic E-state index is -3.72. The van der Waals surface area contributed by atoms with E-state index in [2.05, 4.69) is 15.0 Å². The van der Waals surface area contributed by atoms with E-state index in [1.54, 1.807) is 63.5 Å². The number of rotatable bonds is 8. The quantitative estimate of drug-likeness (QED) is 0.639. The highest BCUT2D eigenvalue weighted by molar-refractivity contribution is 7.90. The summed E-state index contributed by atoms with van der Waals surface area (Å²) in [5.41, 5.74) is -0.203. The second-order valence-electron chi connectivity index (χ2n) is 8.45. The summed E-state index contributed by atoms with van der Waals surface area (Å²) in [6, 6.07) is 9.85. The van der Waals surface area contributed by atoms with Crippen molar-refractivity contribution in [1.29, 1.82) is 0 Å². The van der Waals surface area contributed by atoms with Gasteiger partial charge in [0.15, 0.2) is 0 Å². The summed E-state index contributed by atoms with van der Waals surface area (Å²) in [5.74, 6) is 0.157.